The van der Waals surface area contributed by atoms with Crippen LogP contribution in [0.25, 0.3) is 0 Å². The molecule has 0 saturated carbocycles. The van der Waals surface area contributed by atoms with Gasteiger partial charge in [0.2, 0.25) is 0 Å². The summed E-state index contributed by atoms with van der Waals surface area (Å²) in [5, 5.41) is 18.6. The van der Waals surface area contributed by atoms with Gasteiger partial charge in [-0.05, 0) is 31.4 Å². The molecule has 2 N–H and O–H groups in total. The first-order chi connectivity index (χ1) is 15.2. The summed E-state index contributed by atoms with van der Waals surface area (Å²) in [6.07, 6.45) is 19.2. The molecule has 1 atom stereocenters. The molecule has 0 aliphatic rings. The molecule has 4 nitrogen and oxygen atoms in total. The molecule has 0 radical (unpaired) electrons. The average Bonchev–Trinajstić information content (AvgIpc) is 2.77. The van der Waals surface area contributed by atoms with E-state index in [1.165, 1.54) is 77.0 Å². The normalized spacial score (nSPS) is 12.2. The Morgan fingerprint density at radius 3 is 1.94 bits per heavy atom. The van der Waals surface area contributed by atoms with E-state index in [4.69, 9.17) is 14.9 Å². The number of esters is 1. The van der Waals surface area contributed by atoms with Crippen LogP contribution in [0.15, 0.2) is 0 Å². The summed E-state index contributed by atoms with van der Waals surface area (Å²) < 4.78 is 5.25. The van der Waals surface area contributed by atoms with Gasteiger partial charge in [-0.1, -0.05) is 77.6 Å². The van der Waals surface area contributed by atoms with Gasteiger partial charge in [0.15, 0.2) is 0 Å². The van der Waals surface area contributed by atoms with Gasteiger partial charge in [-0.2, -0.15) is 23.5 Å². The molecule has 0 spiro atoms. The Bertz CT molecular complexity index is 369. The van der Waals surface area contributed by atoms with E-state index >= 15 is 0 Å². The summed E-state index contributed by atoms with van der Waals surface area (Å²) in [6.45, 7) is 3.27. The molecule has 0 aliphatic carbocycles. The average molecular weight is 479 g/mol. The van der Waals surface area contributed by atoms with Crippen molar-refractivity contribution in [1.29, 1.82) is 0 Å². The van der Waals surface area contributed by atoms with Gasteiger partial charge in [-0.25, -0.2) is 0 Å². The molecule has 0 fully saturated rings. The highest BCUT2D eigenvalue weighted by molar-refractivity contribution is 7.99. The minimum absolute atomic E-state index is 0.0673. The van der Waals surface area contributed by atoms with Crippen LogP contribution in [-0.2, 0) is 9.53 Å². The van der Waals surface area contributed by atoms with Crippen LogP contribution in [-0.4, -0.2) is 58.5 Å². The Morgan fingerprint density at radius 2 is 1.32 bits per heavy atom. The van der Waals surface area contributed by atoms with E-state index < -0.39 is 0 Å². The fraction of sp³-hybridized carbons (Fsp3) is 0.960. The van der Waals surface area contributed by atoms with Gasteiger partial charge < -0.3 is 14.9 Å². The van der Waals surface area contributed by atoms with Crippen LogP contribution in [0, 0.1) is 0 Å². The van der Waals surface area contributed by atoms with Crippen molar-refractivity contribution < 1.29 is 19.7 Å². The summed E-state index contributed by atoms with van der Waals surface area (Å²) in [4.78, 5) is 11.7. The SMILES string of the molecule is CCCCCCCCCC(CCCCCCCC(=O)OCCCSCCO)SCCO. The zero-order chi connectivity index (χ0) is 22.8. The number of ether oxygens (including phenoxy) is 1. The lowest BCUT2D eigenvalue weighted by Crippen LogP contribution is -2.06. The molecule has 186 valence electrons. The predicted octanol–water partition coefficient (Wildman–Crippen LogP) is 6.61. The van der Waals surface area contributed by atoms with Crippen molar-refractivity contribution in [2.45, 2.75) is 115 Å². The van der Waals surface area contributed by atoms with E-state index in [2.05, 4.69) is 6.92 Å². The topological polar surface area (TPSA) is 66.8 Å². The number of thioether (sulfide) groups is 2. The molecule has 1 unspecified atom stereocenters. The number of hydrogen-bond donors (Lipinski definition) is 2. The van der Waals surface area contributed by atoms with Crippen LogP contribution in [0.2, 0.25) is 0 Å². The first-order valence-corrected chi connectivity index (χ1v) is 15.0. The van der Waals surface area contributed by atoms with Crippen molar-refractivity contribution in [3.63, 3.8) is 0 Å². The fourth-order valence-electron chi connectivity index (χ4n) is 3.62. The van der Waals surface area contributed by atoms with Crippen LogP contribution in [0.1, 0.15) is 110 Å². The standard InChI is InChI=1S/C25H50O4S2/c1-2-3-4-5-6-8-11-15-24(31-23-19-27)16-12-9-7-10-13-17-25(28)29-20-14-21-30-22-18-26/h24,26-27H,2-23H2,1H3. The van der Waals surface area contributed by atoms with Gasteiger partial charge in [-0.15, -0.1) is 0 Å². The third-order valence-corrected chi connectivity index (χ3v) is 7.82. The molecular formula is C25H50O4S2. The molecule has 0 saturated heterocycles. The predicted molar refractivity (Wildman–Crippen MR) is 138 cm³/mol. The quantitative estimate of drug-likeness (QED) is 0.114. The number of carbonyl (C=O) groups excluding carboxylic acids is 1. The van der Waals surface area contributed by atoms with E-state index in [0.29, 0.717) is 18.3 Å². The molecule has 6 heteroatoms. The summed E-state index contributed by atoms with van der Waals surface area (Å²) in [5.74, 6) is 2.49. The van der Waals surface area contributed by atoms with Crippen LogP contribution in [0.4, 0.5) is 0 Å². The van der Waals surface area contributed by atoms with Gasteiger partial charge in [0.25, 0.3) is 0 Å². The van der Waals surface area contributed by atoms with Gasteiger partial charge in [0.1, 0.15) is 0 Å². The summed E-state index contributed by atoms with van der Waals surface area (Å²) in [5.41, 5.74) is 0. The zero-order valence-electron chi connectivity index (χ0n) is 20.2. The third-order valence-electron chi connectivity index (χ3n) is 5.41. The maximum Gasteiger partial charge on any atom is 0.305 e. The summed E-state index contributed by atoms with van der Waals surface area (Å²) >= 11 is 3.65. The second kappa shape index (κ2) is 26.3. The number of rotatable bonds is 25. The minimum atomic E-state index is -0.0673. The van der Waals surface area contributed by atoms with Crippen molar-refractivity contribution in [2.24, 2.45) is 0 Å². The molecular weight excluding hydrogens is 428 g/mol. The second-order valence-corrected chi connectivity index (χ2v) is 11.0. The van der Waals surface area contributed by atoms with E-state index in [0.717, 1.165) is 36.5 Å². The third kappa shape index (κ3) is 24.6. The van der Waals surface area contributed by atoms with Crippen molar-refractivity contribution in [3.05, 3.63) is 0 Å². The fourth-order valence-corrected chi connectivity index (χ4v) is 5.38. The maximum absolute atomic E-state index is 11.7. The molecule has 0 aromatic carbocycles. The molecule has 0 aliphatic heterocycles. The lowest BCUT2D eigenvalue weighted by atomic mass is 10.0. The Morgan fingerprint density at radius 1 is 0.742 bits per heavy atom. The number of aliphatic hydroxyl groups excluding tert-OH is 2. The zero-order valence-corrected chi connectivity index (χ0v) is 21.8. The van der Waals surface area contributed by atoms with Crippen molar-refractivity contribution >= 4 is 29.5 Å². The highest BCUT2D eigenvalue weighted by atomic mass is 32.2. The van der Waals surface area contributed by atoms with Crippen LogP contribution < -0.4 is 0 Å². The van der Waals surface area contributed by atoms with E-state index in [1.807, 2.05) is 11.8 Å². The van der Waals surface area contributed by atoms with Gasteiger partial charge in [0.05, 0.1) is 19.8 Å². The second-order valence-electron chi connectivity index (χ2n) is 8.34. The van der Waals surface area contributed by atoms with Crippen molar-refractivity contribution in [2.75, 3.05) is 37.1 Å². The summed E-state index contributed by atoms with van der Waals surface area (Å²) in [7, 11) is 0. The number of hydrogen-bond acceptors (Lipinski definition) is 6. The van der Waals surface area contributed by atoms with Gasteiger partial charge in [-0.3, -0.25) is 4.79 Å². The molecule has 0 heterocycles. The minimum Gasteiger partial charge on any atom is -0.466 e. The highest BCUT2D eigenvalue weighted by Gasteiger charge is 2.09. The number of aliphatic hydroxyl groups is 2. The maximum atomic E-state index is 11.7. The first-order valence-electron chi connectivity index (χ1n) is 12.8. The lowest BCUT2D eigenvalue weighted by molar-refractivity contribution is -0.143. The Balaban J connectivity index is 3.59. The molecule has 0 bridgehead atoms. The first kappa shape index (κ1) is 31.1. The van der Waals surface area contributed by atoms with Crippen LogP contribution in [0.5, 0.6) is 0 Å². The molecule has 31 heavy (non-hydrogen) atoms. The largest absolute Gasteiger partial charge is 0.466 e. The Labute approximate surface area is 201 Å². The Kier molecular flexibility index (Phi) is 26.4. The van der Waals surface area contributed by atoms with Crippen LogP contribution in [0.3, 0.4) is 0 Å². The Hall–Kier alpha value is 0.0900. The molecule has 0 rings (SSSR count). The van der Waals surface area contributed by atoms with Crippen molar-refractivity contribution in [1.82, 2.24) is 0 Å². The van der Waals surface area contributed by atoms with E-state index in [1.54, 1.807) is 11.8 Å². The van der Waals surface area contributed by atoms with E-state index in [9.17, 15) is 4.79 Å². The summed E-state index contributed by atoms with van der Waals surface area (Å²) in [6, 6.07) is 0. The molecule has 0 amide bonds. The lowest BCUT2D eigenvalue weighted by Gasteiger charge is -2.16. The molecule has 0 aromatic rings. The number of unbranched alkanes of at least 4 members (excludes halogenated alkanes) is 10. The monoisotopic (exact) mass is 478 g/mol. The van der Waals surface area contributed by atoms with Crippen molar-refractivity contribution in [3.8, 4) is 0 Å². The molecule has 0 aromatic heterocycles. The smallest absolute Gasteiger partial charge is 0.305 e. The van der Waals surface area contributed by atoms with Gasteiger partial charge in [0, 0.05) is 23.2 Å². The highest BCUT2D eigenvalue weighted by Crippen LogP contribution is 2.24. The van der Waals surface area contributed by atoms with E-state index in [-0.39, 0.29) is 19.2 Å². The van der Waals surface area contributed by atoms with Gasteiger partial charge >= 0.3 is 5.97 Å². The van der Waals surface area contributed by atoms with Crippen LogP contribution >= 0.6 is 23.5 Å². The number of carbonyl (C=O) groups is 1.